The van der Waals surface area contributed by atoms with E-state index in [9.17, 15) is 9.90 Å². The van der Waals surface area contributed by atoms with Crippen LogP contribution in [0.3, 0.4) is 0 Å². The van der Waals surface area contributed by atoms with E-state index in [2.05, 4.69) is 21.2 Å². The van der Waals surface area contributed by atoms with Gasteiger partial charge in [-0.3, -0.25) is 4.79 Å². The summed E-state index contributed by atoms with van der Waals surface area (Å²) in [6.45, 7) is 0.746. The van der Waals surface area contributed by atoms with E-state index in [1.165, 1.54) is 37.8 Å². The monoisotopic (exact) mass is 325 g/mol. The van der Waals surface area contributed by atoms with E-state index in [0.29, 0.717) is 17.4 Å². The van der Waals surface area contributed by atoms with Crippen LogP contribution in [0, 0.1) is 11.8 Å². The highest BCUT2D eigenvalue weighted by Crippen LogP contribution is 2.30. The number of carbonyl (C=O) groups is 1. The lowest BCUT2D eigenvalue weighted by Crippen LogP contribution is -2.34. The van der Waals surface area contributed by atoms with Gasteiger partial charge in [-0.15, -0.1) is 0 Å². The number of halogens is 1. The summed E-state index contributed by atoms with van der Waals surface area (Å²) in [5.41, 5.74) is 0.601. The second-order valence-electron chi connectivity index (χ2n) is 5.22. The van der Waals surface area contributed by atoms with Crippen molar-refractivity contribution >= 4 is 21.8 Å². The van der Waals surface area contributed by atoms with Crippen molar-refractivity contribution in [3.63, 3.8) is 0 Å². The standard InChI is InChI=1S/C15H20BrNO2/c16-9-12-3-1-2-4-13(12)10-17-15(19)11-5-7-14(18)8-6-11/h5-8,12-13,18H,1-4,9-10H2,(H,17,19). The molecule has 104 valence electrons. The number of alkyl halides is 1. The van der Waals surface area contributed by atoms with Crippen LogP contribution < -0.4 is 5.32 Å². The molecule has 2 atom stereocenters. The van der Waals surface area contributed by atoms with Crippen LogP contribution in [0.4, 0.5) is 0 Å². The summed E-state index contributed by atoms with van der Waals surface area (Å²) in [6, 6.07) is 6.37. The molecule has 1 aliphatic rings. The molecule has 0 radical (unpaired) electrons. The van der Waals surface area contributed by atoms with Gasteiger partial charge in [-0.2, -0.15) is 0 Å². The second kappa shape index (κ2) is 6.94. The summed E-state index contributed by atoms with van der Waals surface area (Å²) in [5.74, 6) is 1.38. The van der Waals surface area contributed by atoms with E-state index in [1.807, 2.05) is 0 Å². The molecule has 2 rings (SSSR count). The van der Waals surface area contributed by atoms with Crippen molar-refractivity contribution in [2.45, 2.75) is 25.7 Å². The van der Waals surface area contributed by atoms with E-state index < -0.39 is 0 Å². The molecule has 1 aromatic rings. The lowest BCUT2D eigenvalue weighted by Gasteiger charge is -2.30. The van der Waals surface area contributed by atoms with Gasteiger partial charge in [0.2, 0.25) is 0 Å². The van der Waals surface area contributed by atoms with Crippen LogP contribution in [0.5, 0.6) is 5.75 Å². The minimum atomic E-state index is -0.0566. The van der Waals surface area contributed by atoms with Crippen LogP contribution in [-0.4, -0.2) is 22.9 Å². The highest BCUT2D eigenvalue weighted by atomic mass is 79.9. The third kappa shape index (κ3) is 3.96. The Labute approximate surface area is 122 Å². The lowest BCUT2D eigenvalue weighted by molar-refractivity contribution is 0.0937. The van der Waals surface area contributed by atoms with Crippen molar-refractivity contribution in [3.8, 4) is 5.75 Å². The van der Waals surface area contributed by atoms with Crippen molar-refractivity contribution < 1.29 is 9.90 Å². The fraction of sp³-hybridized carbons (Fsp3) is 0.533. The van der Waals surface area contributed by atoms with Gasteiger partial charge in [0.15, 0.2) is 0 Å². The number of carbonyl (C=O) groups excluding carboxylic acids is 1. The zero-order valence-corrected chi connectivity index (χ0v) is 12.5. The number of aromatic hydroxyl groups is 1. The summed E-state index contributed by atoms with van der Waals surface area (Å²) in [6.07, 6.45) is 5.03. The smallest absolute Gasteiger partial charge is 0.251 e. The van der Waals surface area contributed by atoms with Crippen molar-refractivity contribution in [3.05, 3.63) is 29.8 Å². The molecule has 2 N–H and O–H groups in total. The first-order valence-electron chi connectivity index (χ1n) is 6.84. The normalized spacial score (nSPS) is 23.0. The van der Waals surface area contributed by atoms with E-state index in [1.54, 1.807) is 12.1 Å². The van der Waals surface area contributed by atoms with Crippen LogP contribution in [0.2, 0.25) is 0 Å². The number of hydrogen-bond acceptors (Lipinski definition) is 2. The SMILES string of the molecule is O=C(NCC1CCCCC1CBr)c1ccc(O)cc1. The molecule has 1 amide bonds. The van der Waals surface area contributed by atoms with Crippen LogP contribution >= 0.6 is 15.9 Å². The summed E-state index contributed by atoms with van der Waals surface area (Å²) in [5, 5.41) is 13.2. The molecule has 3 nitrogen and oxygen atoms in total. The topological polar surface area (TPSA) is 49.3 Å². The Hall–Kier alpha value is -1.03. The van der Waals surface area contributed by atoms with Crippen LogP contribution in [-0.2, 0) is 0 Å². The van der Waals surface area contributed by atoms with Gasteiger partial charge in [-0.05, 0) is 48.9 Å². The van der Waals surface area contributed by atoms with E-state index >= 15 is 0 Å². The predicted molar refractivity (Wildman–Crippen MR) is 79.7 cm³/mol. The quantitative estimate of drug-likeness (QED) is 0.834. The summed E-state index contributed by atoms with van der Waals surface area (Å²) in [4.78, 5) is 12.0. The number of nitrogens with one attached hydrogen (secondary N) is 1. The molecule has 2 unspecified atom stereocenters. The van der Waals surface area contributed by atoms with Gasteiger partial charge in [0.1, 0.15) is 5.75 Å². The maximum absolute atomic E-state index is 12.0. The van der Waals surface area contributed by atoms with Gasteiger partial charge in [0.05, 0.1) is 0 Å². The van der Waals surface area contributed by atoms with Crippen molar-refractivity contribution in [2.24, 2.45) is 11.8 Å². The summed E-state index contributed by atoms with van der Waals surface area (Å²) < 4.78 is 0. The van der Waals surface area contributed by atoms with Crippen molar-refractivity contribution in [1.29, 1.82) is 0 Å². The molecule has 1 fully saturated rings. The maximum Gasteiger partial charge on any atom is 0.251 e. The molecular formula is C15H20BrNO2. The Morgan fingerprint density at radius 1 is 1.21 bits per heavy atom. The highest BCUT2D eigenvalue weighted by molar-refractivity contribution is 9.09. The van der Waals surface area contributed by atoms with Crippen LogP contribution in [0.1, 0.15) is 36.0 Å². The minimum absolute atomic E-state index is 0.0566. The molecule has 4 heteroatoms. The van der Waals surface area contributed by atoms with E-state index in [0.717, 1.165) is 11.9 Å². The number of hydrogen-bond donors (Lipinski definition) is 2. The molecule has 0 aromatic heterocycles. The van der Waals surface area contributed by atoms with E-state index in [-0.39, 0.29) is 11.7 Å². The molecule has 1 saturated carbocycles. The molecule has 1 aromatic carbocycles. The Kier molecular flexibility index (Phi) is 5.25. The molecule has 0 aliphatic heterocycles. The molecule has 0 saturated heterocycles. The van der Waals surface area contributed by atoms with Gasteiger partial charge in [-0.25, -0.2) is 0 Å². The average Bonchev–Trinajstić information content (AvgIpc) is 2.45. The van der Waals surface area contributed by atoms with Crippen LogP contribution in [0.15, 0.2) is 24.3 Å². The first kappa shape index (κ1) is 14.4. The predicted octanol–water partition coefficient (Wildman–Crippen LogP) is 3.32. The Morgan fingerprint density at radius 2 is 1.84 bits per heavy atom. The number of amides is 1. The molecular weight excluding hydrogens is 306 g/mol. The lowest BCUT2D eigenvalue weighted by atomic mass is 9.80. The number of benzene rings is 1. The number of phenolic OH excluding ortho intramolecular Hbond substituents is 1. The first-order valence-corrected chi connectivity index (χ1v) is 7.96. The zero-order chi connectivity index (χ0) is 13.7. The van der Waals surface area contributed by atoms with Gasteiger partial charge in [-0.1, -0.05) is 28.8 Å². The minimum Gasteiger partial charge on any atom is -0.508 e. The fourth-order valence-electron chi connectivity index (χ4n) is 2.69. The molecule has 1 aliphatic carbocycles. The zero-order valence-electron chi connectivity index (χ0n) is 10.9. The third-order valence-electron chi connectivity index (χ3n) is 3.92. The maximum atomic E-state index is 12.0. The average molecular weight is 326 g/mol. The summed E-state index contributed by atoms with van der Waals surface area (Å²) in [7, 11) is 0. The van der Waals surface area contributed by atoms with Gasteiger partial charge in [0.25, 0.3) is 5.91 Å². The van der Waals surface area contributed by atoms with Crippen molar-refractivity contribution in [2.75, 3.05) is 11.9 Å². The number of phenols is 1. The van der Waals surface area contributed by atoms with Gasteiger partial charge in [0, 0.05) is 17.4 Å². The fourth-order valence-corrected chi connectivity index (χ4v) is 3.55. The van der Waals surface area contributed by atoms with Gasteiger partial charge >= 0.3 is 0 Å². The van der Waals surface area contributed by atoms with Crippen molar-refractivity contribution in [1.82, 2.24) is 5.32 Å². The number of rotatable bonds is 4. The summed E-state index contributed by atoms with van der Waals surface area (Å²) >= 11 is 3.57. The molecule has 0 heterocycles. The molecule has 0 bridgehead atoms. The molecule has 19 heavy (non-hydrogen) atoms. The Balaban J connectivity index is 1.87. The second-order valence-corrected chi connectivity index (χ2v) is 5.86. The highest BCUT2D eigenvalue weighted by Gasteiger charge is 2.24. The van der Waals surface area contributed by atoms with Crippen LogP contribution in [0.25, 0.3) is 0 Å². The van der Waals surface area contributed by atoms with Gasteiger partial charge < -0.3 is 10.4 Å². The molecule has 0 spiro atoms. The van der Waals surface area contributed by atoms with E-state index in [4.69, 9.17) is 0 Å². The first-order chi connectivity index (χ1) is 9.20. The Bertz CT molecular complexity index is 419. The largest absolute Gasteiger partial charge is 0.508 e. The Morgan fingerprint density at radius 3 is 2.47 bits per heavy atom. The third-order valence-corrected chi connectivity index (χ3v) is 4.75.